The molecule has 0 radical (unpaired) electrons. The maximum Gasteiger partial charge on any atom is 0.242 e. The van der Waals surface area contributed by atoms with Crippen molar-refractivity contribution < 1.29 is 9.59 Å². The number of nitrogens with zero attached hydrogens (tertiary/aromatic N) is 4. The molecule has 3 aliphatic heterocycles. The molecule has 2 atom stereocenters. The Balaban J connectivity index is 1.75. The van der Waals surface area contributed by atoms with Crippen molar-refractivity contribution in [3.8, 4) is 0 Å². The summed E-state index contributed by atoms with van der Waals surface area (Å²) in [7, 11) is 0. The summed E-state index contributed by atoms with van der Waals surface area (Å²) in [5.74, 6) is 2.43. The second-order valence-electron chi connectivity index (χ2n) is 6.54. The van der Waals surface area contributed by atoms with Gasteiger partial charge in [-0.3, -0.25) is 9.59 Å². The third kappa shape index (κ3) is 2.80. The molecule has 134 valence electrons. The minimum atomic E-state index is -0.296. The first kappa shape index (κ1) is 16.4. The Morgan fingerprint density at radius 1 is 1.00 bits per heavy atom. The predicted molar refractivity (Wildman–Crippen MR) is 96.1 cm³/mol. The van der Waals surface area contributed by atoms with Gasteiger partial charge in [0, 0.05) is 38.4 Å². The van der Waals surface area contributed by atoms with Gasteiger partial charge in [0.1, 0.15) is 17.9 Å². The van der Waals surface area contributed by atoms with E-state index < -0.39 is 0 Å². The molecule has 2 N–H and O–H groups in total. The Hall–Kier alpha value is -2.03. The SMILES string of the molecule is CC1C(=O)NCCN1c1nc2c(c(N3CCNC(=O)C3C)n1)SCC2. The monoisotopic (exact) mass is 362 g/mol. The van der Waals surface area contributed by atoms with E-state index in [0.717, 1.165) is 35.1 Å². The topological polar surface area (TPSA) is 90.5 Å². The molecule has 9 heteroatoms. The van der Waals surface area contributed by atoms with E-state index in [1.165, 1.54) is 0 Å². The van der Waals surface area contributed by atoms with Gasteiger partial charge in [-0.2, -0.15) is 4.98 Å². The van der Waals surface area contributed by atoms with E-state index in [1.54, 1.807) is 11.8 Å². The molecule has 2 unspecified atom stereocenters. The first-order chi connectivity index (χ1) is 12.1. The first-order valence-corrected chi connectivity index (χ1v) is 9.67. The van der Waals surface area contributed by atoms with E-state index in [-0.39, 0.29) is 23.9 Å². The summed E-state index contributed by atoms with van der Waals surface area (Å²) in [5, 5.41) is 5.77. The van der Waals surface area contributed by atoms with Crippen molar-refractivity contribution in [3.05, 3.63) is 5.69 Å². The van der Waals surface area contributed by atoms with E-state index >= 15 is 0 Å². The van der Waals surface area contributed by atoms with Crippen molar-refractivity contribution >= 4 is 35.3 Å². The van der Waals surface area contributed by atoms with Crippen molar-refractivity contribution in [2.75, 3.05) is 41.7 Å². The molecule has 8 nitrogen and oxygen atoms in total. The lowest BCUT2D eigenvalue weighted by Crippen LogP contribution is -2.55. The fourth-order valence-electron chi connectivity index (χ4n) is 3.49. The first-order valence-electron chi connectivity index (χ1n) is 8.68. The molecule has 1 aromatic rings. The average Bonchev–Trinajstić information content (AvgIpc) is 3.07. The van der Waals surface area contributed by atoms with Gasteiger partial charge in [0.05, 0.1) is 10.6 Å². The summed E-state index contributed by atoms with van der Waals surface area (Å²) in [6.45, 7) is 6.40. The van der Waals surface area contributed by atoms with Gasteiger partial charge >= 0.3 is 0 Å². The minimum Gasteiger partial charge on any atom is -0.353 e. The van der Waals surface area contributed by atoms with E-state index in [1.807, 2.05) is 18.7 Å². The Labute approximate surface area is 150 Å². The van der Waals surface area contributed by atoms with Gasteiger partial charge < -0.3 is 20.4 Å². The molecule has 25 heavy (non-hydrogen) atoms. The lowest BCUT2D eigenvalue weighted by atomic mass is 10.2. The van der Waals surface area contributed by atoms with Crippen molar-refractivity contribution in [3.63, 3.8) is 0 Å². The van der Waals surface area contributed by atoms with Gasteiger partial charge in [-0.25, -0.2) is 4.98 Å². The Morgan fingerprint density at radius 3 is 2.36 bits per heavy atom. The third-order valence-electron chi connectivity index (χ3n) is 5.02. The summed E-state index contributed by atoms with van der Waals surface area (Å²) < 4.78 is 0. The molecule has 0 bridgehead atoms. The zero-order valence-corrected chi connectivity index (χ0v) is 15.2. The van der Waals surface area contributed by atoms with Gasteiger partial charge in [-0.05, 0) is 13.8 Å². The van der Waals surface area contributed by atoms with E-state index in [4.69, 9.17) is 9.97 Å². The number of amides is 2. The van der Waals surface area contributed by atoms with Crippen molar-refractivity contribution in [2.45, 2.75) is 37.2 Å². The number of rotatable bonds is 2. The lowest BCUT2D eigenvalue weighted by Gasteiger charge is -2.36. The summed E-state index contributed by atoms with van der Waals surface area (Å²) in [6, 6.07) is -0.556. The van der Waals surface area contributed by atoms with Crippen LogP contribution in [0.15, 0.2) is 4.90 Å². The largest absolute Gasteiger partial charge is 0.353 e. The molecular formula is C16H22N6O2S. The molecule has 1 aromatic heterocycles. The third-order valence-corrected chi connectivity index (χ3v) is 6.13. The van der Waals surface area contributed by atoms with Crippen LogP contribution in [0.5, 0.6) is 0 Å². The maximum atomic E-state index is 12.1. The number of fused-ring (bicyclic) bond motifs is 1. The van der Waals surface area contributed by atoms with Crippen molar-refractivity contribution in [1.82, 2.24) is 20.6 Å². The summed E-state index contributed by atoms with van der Waals surface area (Å²) in [5.41, 5.74) is 1.03. The molecule has 0 spiro atoms. The normalized spacial score (nSPS) is 26.3. The molecule has 2 amide bonds. The second kappa shape index (κ2) is 6.36. The number of nitrogens with one attached hydrogen (secondary N) is 2. The minimum absolute atomic E-state index is 0.00279. The fraction of sp³-hybridized carbons (Fsp3) is 0.625. The fourth-order valence-corrected chi connectivity index (χ4v) is 4.59. The van der Waals surface area contributed by atoms with Crippen LogP contribution in [0.4, 0.5) is 11.8 Å². The molecular weight excluding hydrogens is 340 g/mol. The van der Waals surface area contributed by atoms with Gasteiger partial charge in [0.15, 0.2) is 0 Å². The second-order valence-corrected chi connectivity index (χ2v) is 7.65. The number of aryl methyl sites for hydroxylation is 1. The van der Waals surface area contributed by atoms with E-state index in [0.29, 0.717) is 25.6 Å². The molecule has 4 heterocycles. The zero-order chi connectivity index (χ0) is 17.6. The van der Waals surface area contributed by atoms with Crippen LogP contribution in [-0.4, -0.2) is 65.8 Å². The molecule has 4 rings (SSSR count). The molecule has 2 fully saturated rings. The van der Waals surface area contributed by atoms with Crippen LogP contribution in [0.2, 0.25) is 0 Å². The van der Waals surface area contributed by atoms with Gasteiger partial charge in [-0.15, -0.1) is 11.8 Å². The Bertz CT molecular complexity index is 727. The number of anilines is 2. The molecule has 3 aliphatic rings. The zero-order valence-electron chi connectivity index (χ0n) is 14.4. The number of piperazine rings is 2. The van der Waals surface area contributed by atoms with E-state index in [2.05, 4.69) is 15.5 Å². The number of carbonyl (C=O) groups is 2. The van der Waals surface area contributed by atoms with E-state index in [9.17, 15) is 9.59 Å². The van der Waals surface area contributed by atoms with Crippen molar-refractivity contribution in [2.24, 2.45) is 0 Å². The molecule has 0 aliphatic carbocycles. The highest BCUT2D eigenvalue weighted by atomic mass is 32.2. The van der Waals surface area contributed by atoms with Gasteiger partial charge in [-0.1, -0.05) is 0 Å². The Kier molecular flexibility index (Phi) is 4.18. The predicted octanol–water partition coefficient (Wildman–Crippen LogP) is -0.226. The standard InChI is InChI=1S/C16H22N6O2S/c1-9-14(23)17-4-6-21(9)13-12-11(3-8-25-12)19-16(20-13)22-7-5-18-15(24)10(22)2/h9-10H,3-8H2,1-2H3,(H,17,23)(H,18,24). The number of hydrogen-bond acceptors (Lipinski definition) is 7. The van der Waals surface area contributed by atoms with Crippen LogP contribution >= 0.6 is 11.8 Å². The number of hydrogen-bond donors (Lipinski definition) is 2. The van der Waals surface area contributed by atoms with Crippen LogP contribution in [0.1, 0.15) is 19.5 Å². The van der Waals surface area contributed by atoms with Gasteiger partial charge in [0.2, 0.25) is 17.8 Å². The van der Waals surface area contributed by atoms with Gasteiger partial charge in [0.25, 0.3) is 0 Å². The Morgan fingerprint density at radius 2 is 1.64 bits per heavy atom. The average molecular weight is 362 g/mol. The van der Waals surface area contributed by atoms with Crippen LogP contribution in [0.25, 0.3) is 0 Å². The lowest BCUT2D eigenvalue weighted by molar-refractivity contribution is -0.123. The maximum absolute atomic E-state index is 12.1. The number of carbonyl (C=O) groups excluding carboxylic acids is 2. The van der Waals surface area contributed by atoms with Crippen LogP contribution < -0.4 is 20.4 Å². The van der Waals surface area contributed by atoms with Crippen LogP contribution in [0.3, 0.4) is 0 Å². The number of aromatic nitrogens is 2. The smallest absolute Gasteiger partial charge is 0.242 e. The molecule has 0 aromatic carbocycles. The van der Waals surface area contributed by atoms with Crippen LogP contribution in [0, 0.1) is 0 Å². The highest BCUT2D eigenvalue weighted by molar-refractivity contribution is 7.99. The summed E-state index contributed by atoms with van der Waals surface area (Å²) in [4.78, 5) is 38.8. The number of thioether (sulfide) groups is 1. The van der Waals surface area contributed by atoms with Crippen molar-refractivity contribution in [1.29, 1.82) is 0 Å². The summed E-state index contributed by atoms with van der Waals surface area (Å²) >= 11 is 1.75. The van der Waals surface area contributed by atoms with Crippen LogP contribution in [-0.2, 0) is 16.0 Å². The highest BCUT2D eigenvalue weighted by Gasteiger charge is 2.34. The highest BCUT2D eigenvalue weighted by Crippen LogP contribution is 2.39. The summed E-state index contributed by atoms with van der Waals surface area (Å²) in [6.07, 6.45) is 0.894. The quantitative estimate of drug-likeness (QED) is 0.751. The molecule has 0 saturated carbocycles. The molecule has 2 saturated heterocycles.